The monoisotopic (exact) mass is 598 g/mol. The summed E-state index contributed by atoms with van der Waals surface area (Å²) in [5, 5.41) is 26.2. The number of methoxy groups -OCH3 is 1. The zero-order chi connectivity index (χ0) is 31.1. The highest BCUT2D eigenvalue weighted by Gasteiger charge is 2.45. The van der Waals surface area contributed by atoms with E-state index in [-0.39, 0.29) is 36.8 Å². The van der Waals surface area contributed by atoms with Crippen molar-refractivity contribution in [2.45, 2.75) is 83.5 Å². The lowest BCUT2D eigenvalue weighted by Crippen LogP contribution is -2.38. The van der Waals surface area contributed by atoms with Gasteiger partial charge in [0.25, 0.3) is 0 Å². The minimum absolute atomic E-state index is 0.00481. The van der Waals surface area contributed by atoms with Gasteiger partial charge in [-0.25, -0.2) is 4.98 Å². The van der Waals surface area contributed by atoms with Crippen molar-refractivity contribution < 1.29 is 24.5 Å². The van der Waals surface area contributed by atoms with Crippen LogP contribution in [0.2, 0.25) is 0 Å². The van der Waals surface area contributed by atoms with Crippen molar-refractivity contribution in [2.75, 3.05) is 25.6 Å². The smallest absolute Gasteiger partial charge is 0.161 e. The van der Waals surface area contributed by atoms with Crippen LogP contribution in [-0.4, -0.2) is 47.0 Å². The van der Waals surface area contributed by atoms with Gasteiger partial charge in [0.15, 0.2) is 11.5 Å². The highest BCUT2D eigenvalue weighted by Crippen LogP contribution is 2.56. The van der Waals surface area contributed by atoms with E-state index in [9.17, 15) is 19.8 Å². The first kappa shape index (κ1) is 31.5. The van der Waals surface area contributed by atoms with E-state index in [1.807, 2.05) is 24.3 Å². The van der Waals surface area contributed by atoms with Gasteiger partial charge in [-0.2, -0.15) is 11.9 Å². The Kier molecular flexibility index (Phi) is 10.2. The molecule has 0 saturated carbocycles. The van der Waals surface area contributed by atoms with E-state index in [4.69, 9.17) is 4.74 Å². The molecule has 1 aromatic carbocycles. The van der Waals surface area contributed by atoms with Gasteiger partial charge in [0.2, 0.25) is 0 Å². The zero-order valence-corrected chi connectivity index (χ0v) is 25.9. The largest absolute Gasteiger partial charge is 0.668 e. The number of rotatable bonds is 16. The second-order valence-corrected chi connectivity index (χ2v) is 12.3. The Labute approximate surface area is 260 Å². The second kappa shape index (κ2) is 14.2. The van der Waals surface area contributed by atoms with Gasteiger partial charge < -0.3 is 25.3 Å². The third-order valence-electron chi connectivity index (χ3n) is 9.10. The van der Waals surface area contributed by atoms with Crippen molar-refractivity contribution >= 4 is 23.0 Å². The summed E-state index contributed by atoms with van der Waals surface area (Å²) >= 11 is 0. The Balaban J connectivity index is 1.45. The number of carbonyl (C=O) groups is 2. The maximum atomic E-state index is 12.8. The van der Waals surface area contributed by atoms with Crippen LogP contribution >= 0.6 is 0 Å². The fourth-order valence-electron chi connectivity index (χ4n) is 6.93. The summed E-state index contributed by atoms with van der Waals surface area (Å²) in [6.45, 7) is 2.75. The molecule has 5 rings (SSSR count). The number of carbonyl (C=O) groups excluding carboxylic acids is 2. The molecule has 2 aliphatic rings. The normalized spacial score (nSPS) is 18.7. The number of nitrogens with zero attached hydrogens (tertiary/aromatic N) is 2. The van der Waals surface area contributed by atoms with E-state index in [1.54, 1.807) is 18.5 Å². The number of anilines is 1. The molecule has 0 saturated heterocycles. The maximum Gasteiger partial charge on any atom is 0.161 e. The Morgan fingerprint density at radius 1 is 1.11 bits per heavy atom. The van der Waals surface area contributed by atoms with Crippen LogP contribution in [0.5, 0.6) is 11.5 Å². The summed E-state index contributed by atoms with van der Waals surface area (Å²) in [5.74, 6) is 0.594. The van der Waals surface area contributed by atoms with Crippen molar-refractivity contribution in [3.05, 3.63) is 76.7 Å². The Bertz CT molecular complexity index is 1500. The minimum Gasteiger partial charge on any atom is -0.668 e. The summed E-state index contributed by atoms with van der Waals surface area (Å²) in [5.41, 5.74) is 4.61. The third kappa shape index (κ3) is 6.75. The zero-order valence-electron chi connectivity index (χ0n) is 25.9. The molecule has 2 aromatic heterocycles. The highest BCUT2D eigenvalue weighted by atomic mass is 16.5. The number of aliphatic hydroxyl groups is 1. The molecule has 8 heteroatoms. The number of pyridine rings is 1. The lowest BCUT2D eigenvalue weighted by Gasteiger charge is -2.45. The molecule has 2 atom stereocenters. The fraction of sp³-hybridized carbons (Fsp3) is 0.472. The molecule has 1 aliphatic carbocycles. The molecule has 0 fully saturated rings. The Morgan fingerprint density at radius 2 is 1.93 bits per heavy atom. The molecule has 0 bridgehead atoms. The lowest BCUT2D eigenvalue weighted by atomic mass is 9.61. The average molecular weight is 599 g/mol. The van der Waals surface area contributed by atoms with Gasteiger partial charge >= 0.3 is 0 Å². The predicted molar refractivity (Wildman–Crippen MR) is 171 cm³/mol. The number of hydrogen-bond acceptors (Lipinski definition) is 7. The van der Waals surface area contributed by atoms with Gasteiger partial charge in [-0.1, -0.05) is 56.9 Å². The predicted octanol–water partition coefficient (Wildman–Crippen LogP) is 6.14. The average Bonchev–Trinajstić information content (AvgIpc) is 3.54. The summed E-state index contributed by atoms with van der Waals surface area (Å²) in [6, 6.07) is 9.51. The molecule has 3 heterocycles. The Hall–Kier alpha value is -3.91. The van der Waals surface area contributed by atoms with E-state index in [2.05, 4.69) is 28.3 Å². The van der Waals surface area contributed by atoms with E-state index < -0.39 is 11.3 Å². The van der Waals surface area contributed by atoms with Crippen LogP contribution in [0.1, 0.15) is 98.6 Å². The molecule has 44 heavy (non-hydrogen) atoms. The van der Waals surface area contributed by atoms with E-state index in [0.717, 1.165) is 72.4 Å². The molecule has 0 amide bonds. The number of Topliss-reactive ketones (excluding diaryl/α,β-unsaturated/α-hetero) is 2. The maximum absolute atomic E-state index is 12.8. The van der Waals surface area contributed by atoms with Crippen LogP contribution in [0, 0.1) is 5.41 Å². The number of aromatic hydroxyl groups is 1. The number of hydrogen-bond donors (Lipinski definition) is 3. The summed E-state index contributed by atoms with van der Waals surface area (Å²) in [7, 11) is 1.51. The van der Waals surface area contributed by atoms with Gasteiger partial charge in [-0.15, -0.1) is 0 Å². The molecule has 8 nitrogen and oxygen atoms in total. The summed E-state index contributed by atoms with van der Waals surface area (Å²) in [4.78, 5) is 34.3. The number of benzene rings is 1. The first-order valence-corrected chi connectivity index (χ1v) is 15.9. The molecule has 0 radical (unpaired) electrons. The topological polar surface area (TPSA) is 123 Å². The van der Waals surface area contributed by atoms with Crippen molar-refractivity contribution in [3.63, 3.8) is 0 Å². The number of nitrogens with one attached hydrogen (secondary N) is 1. The van der Waals surface area contributed by atoms with Crippen LogP contribution in [0.3, 0.4) is 0 Å². The van der Waals surface area contributed by atoms with Crippen molar-refractivity contribution in [1.82, 2.24) is 9.97 Å². The van der Waals surface area contributed by atoms with Gasteiger partial charge in [0.1, 0.15) is 17.4 Å². The molecule has 3 aromatic rings. The lowest BCUT2D eigenvalue weighted by molar-refractivity contribution is -0.127. The van der Waals surface area contributed by atoms with Gasteiger partial charge in [0.05, 0.1) is 20.1 Å². The first-order valence-electron chi connectivity index (χ1n) is 15.9. The molecule has 0 spiro atoms. The number of ketones is 2. The number of aryl methyl sites for hydroxylation is 1. The van der Waals surface area contributed by atoms with Gasteiger partial charge in [-0.05, 0) is 54.5 Å². The fourth-order valence-corrected chi connectivity index (χ4v) is 6.93. The quantitative estimate of drug-likeness (QED) is 0.133. The third-order valence-corrected chi connectivity index (χ3v) is 9.10. The van der Waals surface area contributed by atoms with Crippen LogP contribution in [0.4, 0.5) is 5.82 Å². The highest BCUT2D eigenvalue weighted by molar-refractivity contribution is 5.99. The van der Waals surface area contributed by atoms with Crippen molar-refractivity contribution in [1.29, 1.82) is 0 Å². The van der Waals surface area contributed by atoms with Gasteiger partial charge in [-0.3, -0.25) is 9.59 Å². The number of unbranched alkanes of at least 4 members (excludes halogenated alkanes) is 4. The molecule has 2 unspecified atom stereocenters. The molecule has 234 valence electrons. The summed E-state index contributed by atoms with van der Waals surface area (Å²) < 4.78 is 5.63. The molecular weight excluding hydrogens is 554 g/mol. The molecule has 1 aliphatic heterocycles. The van der Waals surface area contributed by atoms with Crippen molar-refractivity contribution in [2.24, 2.45) is 5.41 Å². The van der Waals surface area contributed by atoms with Crippen molar-refractivity contribution in [3.8, 4) is 11.5 Å². The first-order chi connectivity index (χ1) is 21.4. The standard InChI is InChI=1S/C36H44N3O5/c1-3-4-5-6-7-10-27(41)20-28(42)12-11-24-18-30(34(43)31(19-24)44-2)33-29-14-17-39-35-32(29)25(13-16-38-35)21-36(33,23-40)22-26-9-8-15-37-26/h8-9,14-15,17-19,21,33,40,43H,3-7,10-13,16,20,22-23H2,1-2H3,(H,38,39)/q-1. The van der Waals surface area contributed by atoms with E-state index >= 15 is 0 Å². The van der Waals surface area contributed by atoms with Crippen LogP contribution in [-0.2, 0) is 22.4 Å². The second-order valence-electron chi connectivity index (χ2n) is 12.3. The van der Waals surface area contributed by atoms with E-state index in [1.165, 1.54) is 13.5 Å². The van der Waals surface area contributed by atoms with Gasteiger partial charge in [0, 0.05) is 48.0 Å². The number of aliphatic hydroxyl groups excluding tert-OH is 1. The van der Waals surface area contributed by atoms with Crippen LogP contribution in [0.25, 0.3) is 5.57 Å². The number of phenols is 1. The summed E-state index contributed by atoms with van der Waals surface area (Å²) in [6.07, 6.45) is 13.3. The van der Waals surface area contributed by atoms with Crippen LogP contribution < -0.4 is 15.0 Å². The minimum atomic E-state index is -0.792. The van der Waals surface area contributed by atoms with Crippen LogP contribution in [0.15, 0.2) is 48.8 Å². The van der Waals surface area contributed by atoms with E-state index in [0.29, 0.717) is 30.6 Å². The molecular formula is C36H44N3O5-. The SMILES string of the molecule is CCCCCCCC(=O)CC(=O)CCc1cc(OC)c(O)c(C2c3ccnc4c3C(=CC2(CO)Cc2ccc[n-]2)CCN4)c1. The number of ether oxygens (including phenoxy) is 1. The Morgan fingerprint density at radius 3 is 2.68 bits per heavy atom. The number of phenolic OH excluding ortho intramolecular Hbond substituents is 1. The number of aromatic nitrogens is 2. The molecule has 3 N–H and O–H groups in total.